The Bertz CT molecular complexity index is 903. The average Bonchev–Trinajstić information content (AvgIpc) is 2.55. The number of nitrogens with one attached hydrogen (secondary N) is 3. The molecule has 1 heterocycles. The van der Waals surface area contributed by atoms with Gasteiger partial charge in [-0.2, -0.15) is 10.2 Å². The minimum Gasteiger partial charge on any atom is -0.427 e. The van der Waals surface area contributed by atoms with Crippen molar-refractivity contribution in [2.45, 2.75) is 11.9 Å². The van der Waals surface area contributed by atoms with Crippen molar-refractivity contribution in [3.05, 3.63) is 50.7 Å². The maximum Gasteiger partial charge on any atom is 0.342 e. The third kappa shape index (κ3) is 6.06. The van der Waals surface area contributed by atoms with Crippen LogP contribution in [0, 0.1) is 0 Å². The van der Waals surface area contributed by atoms with Crippen molar-refractivity contribution in [3.8, 4) is 5.75 Å². The number of hydrogen-bond acceptors (Lipinski definition) is 8. The molecule has 25 heavy (non-hydrogen) atoms. The number of aromatic amines is 2. The predicted molar refractivity (Wildman–Crippen MR) is 89.7 cm³/mol. The van der Waals surface area contributed by atoms with Gasteiger partial charge in [0.25, 0.3) is 5.56 Å². The van der Waals surface area contributed by atoms with E-state index in [0.29, 0.717) is 11.3 Å². The number of nitrogens with zero attached hydrogens (tertiary/aromatic N) is 2. The van der Waals surface area contributed by atoms with Crippen LogP contribution in [0.1, 0.15) is 12.5 Å². The largest absolute Gasteiger partial charge is 0.427 e. The molecule has 130 valence electrons. The van der Waals surface area contributed by atoms with E-state index in [0.717, 1.165) is 11.8 Å². The van der Waals surface area contributed by atoms with Gasteiger partial charge < -0.3 is 4.74 Å². The fourth-order valence-electron chi connectivity index (χ4n) is 1.57. The van der Waals surface area contributed by atoms with Gasteiger partial charge in [-0.05, 0) is 29.8 Å². The number of hydrazone groups is 1. The summed E-state index contributed by atoms with van der Waals surface area (Å²) in [6.07, 6.45) is 1.41. The van der Waals surface area contributed by atoms with Crippen molar-refractivity contribution in [2.24, 2.45) is 5.10 Å². The Morgan fingerprint density at radius 2 is 2.04 bits per heavy atom. The zero-order chi connectivity index (χ0) is 18.2. The number of thioether (sulfide) groups is 1. The Labute approximate surface area is 144 Å². The quantitative estimate of drug-likeness (QED) is 0.208. The molecule has 0 fully saturated rings. The van der Waals surface area contributed by atoms with E-state index in [4.69, 9.17) is 4.74 Å². The molecule has 0 saturated heterocycles. The number of carbonyl (C=O) groups is 2. The Kier molecular flexibility index (Phi) is 6.23. The zero-order valence-corrected chi connectivity index (χ0v) is 13.8. The van der Waals surface area contributed by atoms with Gasteiger partial charge in [0.1, 0.15) is 5.75 Å². The number of carbonyl (C=O) groups excluding carboxylic acids is 2. The van der Waals surface area contributed by atoms with Crippen LogP contribution in [0.5, 0.6) is 5.75 Å². The van der Waals surface area contributed by atoms with Gasteiger partial charge in [0.05, 0.1) is 12.0 Å². The van der Waals surface area contributed by atoms with Crippen LogP contribution in [0.25, 0.3) is 0 Å². The number of amides is 1. The molecule has 11 heteroatoms. The lowest BCUT2D eigenvalue weighted by Crippen LogP contribution is -2.26. The first-order chi connectivity index (χ1) is 11.9. The number of H-pyrrole nitrogens is 2. The summed E-state index contributed by atoms with van der Waals surface area (Å²) in [6.45, 7) is 1.30. The first-order valence-corrected chi connectivity index (χ1v) is 7.85. The molecule has 0 aliphatic rings. The first kappa shape index (κ1) is 18.1. The van der Waals surface area contributed by atoms with Crippen LogP contribution < -0.4 is 21.4 Å². The topological polar surface area (TPSA) is 146 Å². The van der Waals surface area contributed by atoms with E-state index >= 15 is 0 Å². The van der Waals surface area contributed by atoms with E-state index in [9.17, 15) is 19.2 Å². The van der Waals surface area contributed by atoms with E-state index < -0.39 is 23.1 Å². The molecule has 1 amide bonds. The van der Waals surface area contributed by atoms with Crippen LogP contribution >= 0.6 is 11.8 Å². The highest BCUT2D eigenvalue weighted by atomic mass is 32.2. The molecule has 0 spiro atoms. The van der Waals surface area contributed by atoms with Crippen LogP contribution in [0.15, 0.2) is 44.0 Å². The fraction of sp³-hybridized carbons (Fsp3) is 0.143. The smallest absolute Gasteiger partial charge is 0.342 e. The normalized spacial score (nSPS) is 10.6. The molecule has 0 aliphatic carbocycles. The van der Waals surface area contributed by atoms with Crippen molar-refractivity contribution in [3.63, 3.8) is 0 Å². The molecule has 0 atom stereocenters. The van der Waals surface area contributed by atoms with Gasteiger partial charge in [-0.1, -0.05) is 11.8 Å². The van der Waals surface area contributed by atoms with Crippen molar-refractivity contribution in [2.75, 3.05) is 5.75 Å². The molecule has 2 rings (SSSR count). The number of esters is 1. The number of aromatic nitrogens is 3. The number of hydrogen-bond donors (Lipinski definition) is 3. The summed E-state index contributed by atoms with van der Waals surface area (Å²) >= 11 is 0.858. The average molecular weight is 363 g/mol. The molecule has 0 saturated carbocycles. The molecular weight excluding hydrogens is 350 g/mol. The Morgan fingerprint density at radius 3 is 2.68 bits per heavy atom. The van der Waals surface area contributed by atoms with Gasteiger partial charge in [0.15, 0.2) is 5.03 Å². The van der Waals surface area contributed by atoms with Crippen molar-refractivity contribution >= 4 is 29.9 Å². The van der Waals surface area contributed by atoms with Crippen LogP contribution in [-0.4, -0.2) is 39.0 Å². The summed E-state index contributed by atoms with van der Waals surface area (Å²) in [5, 5.41) is 9.35. The predicted octanol–water partition coefficient (Wildman–Crippen LogP) is -0.374. The highest BCUT2D eigenvalue weighted by Gasteiger charge is 2.07. The van der Waals surface area contributed by atoms with Gasteiger partial charge in [0, 0.05) is 6.92 Å². The standard InChI is InChI=1S/C14H13N5O5S/c1-8(20)24-10-4-2-9(3-5-10)6-15-17-11(21)7-25-13-12(22)16-14(23)19-18-13/h2-6H,7H2,1H3,(H,17,21)(H2,16,19,22,23)/b15-6+. The molecule has 10 nitrogen and oxygen atoms in total. The van der Waals surface area contributed by atoms with Crippen LogP contribution in [-0.2, 0) is 9.59 Å². The Morgan fingerprint density at radius 1 is 1.32 bits per heavy atom. The number of benzene rings is 1. The molecule has 1 aromatic heterocycles. The summed E-state index contributed by atoms with van der Waals surface area (Å²) in [5.74, 6) is -0.568. The van der Waals surface area contributed by atoms with E-state index in [1.165, 1.54) is 13.1 Å². The molecule has 3 N–H and O–H groups in total. The maximum atomic E-state index is 11.6. The van der Waals surface area contributed by atoms with Crippen LogP contribution in [0.2, 0.25) is 0 Å². The van der Waals surface area contributed by atoms with Gasteiger partial charge >= 0.3 is 11.7 Å². The van der Waals surface area contributed by atoms with Crippen molar-refractivity contribution in [1.29, 1.82) is 0 Å². The maximum absolute atomic E-state index is 11.6. The number of rotatable bonds is 6. The second-order valence-corrected chi connectivity index (χ2v) is 5.52. The van der Waals surface area contributed by atoms with Crippen molar-refractivity contribution in [1.82, 2.24) is 20.6 Å². The summed E-state index contributed by atoms with van der Waals surface area (Å²) in [5.41, 5.74) is 1.59. The molecule has 0 bridgehead atoms. The molecule has 1 aromatic carbocycles. The molecule has 2 aromatic rings. The van der Waals surface area contributed by atoms with E-state index in [1.807, 2.05) is 4.98 Å². The van der Waals surface area contributed by atoms with Crippen LogP contribution in [0.3, 0.4) is 0 Å². The SMILES string of the molecule is CC(=O)Oc1ccc(/C=N/NC(=O)CSc2n[nH]c(=O)[nH]c2=O)cc1. The van der Waals surface area contributed by atoms with E-state index in [-0.39, 0.29) is 10.8 Å². The van der Waals surface area contributed by atoms with Gasteiger partial charge in [-0.25, -0.2) is 15.3 Å². The van der Waals surface area contributed by atoms with Gasteiger partial charge in [-0.15, -0.1) is 0 Å². The Hall–Kier alpha value is -3.21. The third-order valence-corrected chi connectivity index (χ3v) is 3.52. The minimum atomic E-state index is -0.719. The highest BCUT2D eigenvalue weighted by molar-refractivity contribution is 7.99. The molecule has 0 unspecified atom stereocenters. The minimum absolute atomic E-state index is 0.0280. The highest BCUT2D eigenvalue weighted by Crippen LogP contribution is 2.11. The Balaban J connectivity index is 1.82. The lowest BCUT2D eigenvalue weighted by Gasteiger charge is -2.01. The zero-order valence-electron chi connectivity index (χ0n) is 12.9. The summed E-state index contributed by atoms with van der Waals surface area (Å²) in [4.78, 5) is 46.7. The third-order valence-electron chi connectivity index (χ3n) is 2.56. The second kappa shape index (κ2) is 8.59. The summed E-state index contributed by atoms with van der Waals surface area (Å²) < 4.78 is 4.89. The monoisotopic (exact) mass is 363 g/mol. The van der Waals surface area contributed by atoms with Gasteiger partial charge in [0.2, 0.25) is 5.91 Å². The summed E-state index contributed by atoms with van der Waals surface area (Å²) in [6, 6.07) is 6.50. The van der Waals surface area contributed by atoms with Crippen LogP contribution in [0.4, 0.5) is 0 Å². The van der Waals surface area contributed by atoms with Crippen molar-refractivity contribution < 1.29 is 14.3 Å². The van der Waals surface area contributed by atoms with E-state index in [1.54, 1.807) is 24.3 Å². The molecule has 0 aliphatic heterocycles. The first-order valence-electron chi connectivity index (χ1n) is 6.86. The number of ether oxygens (including phenoxy) is 1. The second-order valence-electron chi connectivity index (χ2n) is 4.56. The summed E-state index contributed by atoms with van der Waals surface area (Å²) in [7, 11) is 0. The molecular formula is C14H13N5O5S. The van der Waals surface area contributed by atoms with Gasteiger partial charge in [-0.3, -0.25) is 19.4 Å². The molecule has 0 radical (unpaired) electrons. The fourth-order valence-corrected chi connectivity index (χ4v) is 2.19. The lowest BCUT2D eigenvalue weighted by atomic mass is 10.2. The van der Waals surface area contributed by atoms with E-state index in [2.05, 4.69) is 20.7 Å². The lowest BCUT2D eigenvalue weighted by molar-refractivity contribution is -0.131.